The Kier molecular flexibility index (Phi) is 3.97. The summed E-state index contributed by atoms with van der Waals surface area (Å²) in [5, 5.41) is 3.52. The van der Waals surface area contributed by atoms with Gasteiger partial charge in [0.15, 0.2) is 0 Å². The molecule has 0 atom stereocenters. The first-order chi connectivity index (χ1) is 11.0. The highest BCUT2D eigenvalue weighted by Gasteiger charge is 2.43. The number of nitrogens with zero attached hydrogens (tertiary/aromatic N) is 3. The van der Waals surface area contributed by atoms with E-state index in [9.17, 15) is 4.79 Å². The van der Waals surface area contributed by atoms with Crippen molar-refractivity contribution in [2.24, 2.45) is 0 Å². The standard InChI is InChI=1S/C16H22N4O3/c1-10-11(14(21)17-7-8-22-4)12-13(18-9-19-15(12)23-10)20(3)16(2)5-6-16/h9H,5-8H2,1-4H3,(H,17,21). The highest BCUT2D eigenvalue weighted by atomic mass is 16.5. The van der Waals surface area contributed by atoms with Crippen molar-refractivity contribution in [1.82, 2.24) is 15.3 Å². The van der Waals surface area contributed by atoms with Crippen LogP contribution in [0.15, 0.2) is 10.7 Å². The van der Waals surface area contributed by atoms with E-state index in [1.807, 2.05) is 7.05 Å². The number of hydrogen-bond donors (Lipinski definition) is 1. The molecule has 1 aliphatic rings. The van der Waals surface area contributed by atoms with Gasteiger partial charge in [-0.05, 0) is 26.7 Å². The molecule has 124 valence electrons. The van der Waals surface area contributed by atoms with E-state index in [0.29, 0.717) is 35.6 Å². The molecular formula is C16H22N4O3. The minimum atomic E-state index is -0.191. The van der Waals surface area contributed by atoms with Gasteiger partial charge in [-0.3, -0.25) is 4.79 Å². The molecule has 2 aromatic heterocycles. The van der Waals surface area contributed by atoms with Crippen molar-refractivity contribution >= 4 is 22.8 Å². The SMILES string of the molecule is COCCNC(=O)c1c(C)oc2ncnc(N(C)C3(C)CC3)c12. The van der Waals surface area contributed by atoms with Crippen molar-refractivity contribution in [3.05, 3.63) is 17.7 Å². The number of ether oxygens (including phenoxy) is 1. The maximum atomic E-state index is 12.6. The van der Waals surface area contributed by atoms with Crippen LogP contribution in [0.5, 0.6) is 0 Å². The average molecular weight is 318 g/mol. The number of furan rings is 1. The van der Waals surface area contributed by atoms with Gasteiger partial charge in [-0.25, -0.2) is 9.97 Å². The number of aryl methyl sites for hydroxylation is 1. The van der Waals surface area contributed by atoms with Crippen LogP contribution in [-0.4, -0.2) is 48.7 Å². The number of anilines is 1. The van der Waals surface area contributed by atoms with Gasteiger partial charge in [-0.15, -0.1) is 0 Å². The van der Waals surface area contributed by atoms with Gasteiger partial charge in [0.2, 0.25) is 5.71 Å². The molecular weight excluding hydrogens is 296 g/mol. The van der Waals surface area contributed by atoms with Crippen LogP contribution >= 0.6 is 0 Å². The third-order valence-corrected chi connectivity index (χ3v) is 4.56. The highest BCUT2D eigenvalue weighted by molar-refractivity contribution is 6.10. The Bertz CT molecular complexity index is 736. The van der Waals surface area contributed by atoms with E-state index in [2.05, 4.69) is 27.1 Å². The summed E-state index contributed by atoms with van der Waals surface area (Å²) in [6.07, 6.45) is 3.71. The number of aromatic nitrogens is 2. The average Bonchev–Trinajstić information content (AvgIpc) is 3.18. The van der Waals surface area contributed by atoms with Crippen LogP contribution in [0.2, 0.25) is 0 Å². The van der Waals surface area contributed by atoms with E-state index in [1.165, 1.54) is 6.33 Å². The van der Waals surface area contributed by atoms with Crippen LogP contribution in [0.1, 0.15) is 35.9 Å². The summed E-state index contributed by atoms with van der Waals surface area (Å²) >= 11 is 0. The number of rotatable bonds is 6. The van der Waals surface area contributed by atoms with Crippen LogP contribution in [-0.2, 0) is 4.74 Å². The van der Waals surface area contributed by atoms with E-state index in [-0.39, 0.29) is 11.4 Å². The Morgan fingerprint density at radius 2 is 2.22 bits per heavy atom. The number of carbonyl (C=O) groups is 1. The second-order valence-corrected chi connectivity index (χ2v) is 6.22. The summed E-state index contributed by atoms with van der Waals surface area (Å²) in [5.41, 5.74) is 1.04. The molecule has 2 aromatic rings. The monoisotopic (exact) mass is 318 g/mol. The van der Waals surface area contributed by atoms with E-state index >= 15 is 0 Å². The molecule has 7 nitrogen and oxygen atoms in total. The maximum Gasteiger partial charge on any atom is 0.255 e. The molecule has 7 heteroatoms. The lowest BCUT2D eigenvalue weighted by Gasteiger charge is -2.26. The molecule has 1 amide bonds. The molecule has 0 aromatic carbocycles. The summed E-state index contributed by atoms with van der Waals surface area (Å²) in [7, 11) is 3.60. The van der Waals surface area contributed by atoms with Gasteiger partial charge in [0.25, 0.3) is 5.91 Å². The minimum absolute atomic E-state index is 0.0935. The lowest BCUT2D eigenvalue weighted by atomic mass is 10.1. The lowest BCUT2D eigenvalue weighted by molar-refractivity contribution is 0.0937. The molecule has 0 aliphatic heterocycles. The number of amides is 1. The van der Waals surface area contributed by atoms with Crippen LogP contribution < -0.4 is 10.2 Å². The second-order valence-electron chi connectivity index (χ2n) is 6.22. The van der Waals surface area contributed by atoms with Crippen molar-refractivity contribution < 1.29 is 13.9 Å². The summed E-state index contributed by atoms with van der Waals surface area (Å²) in [6, 6.07) is 0. The molecule has 1 fully saturated rings. The highest BCUT2D eigenvalue weighted by Crippen LogP contribution is 2.44. The largest absolute Gasteiger partial charge is 0.442 e. The van der Waals surface area contributed by atoms with E-state index in [0.717, 1.165) is 18.7 Å². The number of methoxy groups -OCH3 is 1. The Morgan fingerprint density at radius 1 is 1.48 bits per heavy atom. The molecule has 1 N–H and O–H groups in total. The van der Waals surface area contributed by atoms with Gasteiger partial charge in [-0.2, -0.15) is 0 Å². The van der Waals surface area contributed by atoms with Crippen molar-refractivity contribution in [3.63, 3.8) is 0 Å². The zero-order valence-electron chi connectivity index (χ0n) is 14.0. The van der Waals surface area contributed by atoms with Crippen LogP contribution in [0, 0.1) is 6.92 Å². The Balaban J connectivity index is 2.03. The van der Waals surface area contributed by atoms with Gasteiger partial charge >= 0.3 is 0 Å². The summed E-state index contributed by atoms with van der Waals surface area (Å²) < 4.78 is 10.7. The number of fused-ring (bicyclic) bond motifs is 1. The molecule has 1 saturated carbocycles. The van der Waals surface area contributed by atoms with E-state index in [4.69, 9.17) is 9.15 Å². The zero-order valence-corrected chi connectivity index (χ0v) is 14.0. The predicted molar refractivity (Wildman–Crippen MR) is 86.8 cm³/mol. The summed E-state index contributed by atoms with van der Waals surface area (Å²) in [6.45, 7) is 4.86. The Hall–Kier alpha value is -2.15. The second kappa shape index (κ2) is 5.81. The Labute approximate surface area is 135 Å². The van der Waals surface area contributed by atoms with Gasteiger partial charge in [-0.1, -0.05) is 0 Å². The van der Waals surface area contributed by atoms with Gasteiger partial charge < -0.3 is 19.4 Å². The van der Waals surface area contributed by atoms with Crippen LogP contribution in [0.25, 0.3) is 11.1 Å². The first-order valence-corrected chi connectivity index (χ1v) is 7.73. The maximum absolute atomic E-state index is 12.6. The van der Waals surface area contributed by atoms with Crippen molar-refractivity contribution in [1.29, 1.82) is 0 Å². The van der Waals surface area contributed by atoms with E-state index in [1.54, 1.807) is 14.0 Å². The summed E-state index contributed by atoms with van der Waals surface area (Å²) in [4.78, 5) is 23.3. The van der Waals surface area contributed by atoms with Crippen molar-refractivity contribution in [2.75, 3.05) is 32.2 Å². The normalized spacial score (nSPS) is 15.7. The fourth-order valence-electron chi connectivity index (χ4n) is 2.68. The Morgan fingerprint density at radius 3 is 2.87 bits per heavy atom. The lowest BCUT2D eigenvalue weighted by Crippen LogP contribution is -2.32. The molecule has 1 aliphatic carbocycles. The predicted octanol–water partition coefficient (Wildman–Crippen LogP) is 1.90. The smallest absolute Gasteiger partial charge is 0.255 e. The van der Waals surface area contributed by atoms with Gasteiger partial charge in [0, 0.05) is 26.2 Å². The molecule has 0 bridgehead atoms. The first-order valence-electron chi connectivity index (χ1n) is 7.73. The molecule has 3 rings (SSSR count). The third kappa shape index (κ3) is 2.76. The molecule has 23 heavy (non-hydrogen) atoms. The molecule has 0 spiro atoms. The minimum Gasteiger partial charge on any atom is -0.442 e. The van der Waals surface area contributed by atoms with E-state index < -0.39 is 0 Å². The fourth-order valence-corrected chi connectivity index (χ4v) is 2.68. The number of carbonyl (C=O) groups excluding carboxylic acids is 1. The van der Waals surface area contributed by atoms with Crippen LogP contribution in [0.3, 0.4) is 0 Å². The summed E-state index contributed by atoms with van der Waals surface area (Å²) in [5.74, 6) is 1.10. The van der Waals surface area contributed by atoms with Crippen LogP contribution in [0.4, 0.5) is 5.82 Å². The first kappa shape index (κ1) is 15.7. The fraction of sp³-hybridized carbons (Fsp3) is 0.562. The number of hydrogen-bond acceptors (Lipinski definition) is 6. The topological polar surface area (TPSA) is 80.5 Å². The molecule has 0 radical (unpaired) electrons. The quantitative estimate of drug-likeness (QED) is 0.819. The number of nitrogens with one attached hydrogen (secondary N) is 1. The molecule has 0 unspecified atom stereocenters. The molecule has 0 saturated heterocycles. The third-order valence-electron chi connectivity index (χ3n) is 4.56. The van der Waals surface area contributed by atoms with Crippen molar-refractivity contribution in [3.8, 4) is 0 Å². The van der Waals surface area contributed by atoms with Gasteiger partial charge in [0.1, 0.15) is 17.9 Å². The zero-order chi connectivity index (χ0) is 16.6. The van der Waals surface area contributed by atoms with Crippen molar-refractivity contribution in [2.45, 2.75) is 32.2 Å². The van der Waals surface area contributed by atoms with Gasteiger partial charge in [0.05, 0.1) is 17.6 Å². The molecule has 2 heterocycles.